The Kier molecular flexibility index (Phi) is 5.22. The lowest BCUT2D eigenvalue weighted by Gasteiger charge is -2.31. The number of rotatable bonds is 2. The van der Waals surface area contributed by atoms with Crippen molar-refractivity contribution < 1.29 is 4.79 Å². The van der Waals surface area contributed by atoms with E-state index in [0.717, 1.165) is 17.7 Å². The lowest BCUT2D eigenvalue weighted by Crippen LogP contribution is -2.39. The smallest absolute Gasteiger partial charge is 0.252 e. The summed E-state index contributed by atoms with van der Waals surface area (Å²) in [6.07, 6.45) is 3.43. The molecule has 3 N–H and O–H groups in total. The molecule has 1 fully saturated rings. The Morgan fingerprint density at radius 2 is 2.10 bits per heavy atom. The summed E-state index contributed by atoms with van der Waals surface area (Å²) in [6.45, 7) is 4.87. The Hall–Kier alpha value is -1.31. The van der Waals surface area contributed by atoms with Crippen LogP contribution in [0.15, 0.2) is 11.4 Å². The first-order valence-electron chi connectivity index (χ1n) is 7.16. The molecule has 1 amide bonds. The summed E-state index contributed by atoms with van der Waals surface area (Å²) in [5, 5.41) is 5.03. The summed E-state index contributed by atoms with van der Waals surface area (Å²) in [4.78, 5) is 13.1. The minimum atomic E-state index is 0.0216. The maximum absolute atomic E-state index is 12.2. The number of nitrogens with two attached hydrogens (primary N) is 1. The van der Waals surface area contributed by atoms with Gasteiger partial charge in [0.25, 0.3) is 5.91 Å². The largest absolute Gasteiger partial charge is 0.349 e. The van der Waals surface area contributed by atoms with Crippen molar-refractivity contribution in [1.82, 2.24) is 5.32 Å². The molecular weight excluding hydrogens is 268 g/mol. The van der Waals surface area contributed by atoms with E-state index in [0.29, 0.717) is 30.0 Å². The van der Waals surface area contributed by atoms with Crippen molar-refractivity contribution in [2.75, 3.05) is 6.54 Å². The number of carbonyl (C=O) groups is 1. The van der Waals surface area contributed by atoms with Gasteiger partial charge in [0.1, 0.15) is 0 Å². The normalized spacial score (nSPS) is 25.6. The van der Waals surface area contributed by atoms with Crippen molar-refractivity contribution in [3.05, 3.63) is 21.9 Å². The van der Waals surface area contributed by atoms with Crippen LogP contribution in [0.5, 0.6) is 0 Å². The summed E-state index contributed by atoms with van der Waals surface area (Å²) < 4.78 is 0. The maximum Gasteiger partial charge on any atom is 0.252 e. The number of amides is 1. The Bertz CT molecular complexity index is 516. The fourth-order valence-electron chi connectivity index (χ4n) is 2.99. The number of nitrogens with one attached hydrogen (secondary N) is 1. The van der Waals surface area contributed by atoms with Gasteiger partial charge in [0, 0.05) is 11.4 Å². The molecule has 1 aromatic heterocycles. The highest BCUT2D eigenvalue weighted by Crippen LogP contribution is 2.28. The van der Waals surface area contributed by atoms with Gasteiger partial charge in [-0.3, -0.25) is 4.79 Å². The van der Waals surface area contributed by atoms with E-state index in [1.807, 2.05) is 11.4 Å². The van der Waals surface area contributed by atoms with E-state index >= 15 is 0 Å². The first-order chi connectivity index (χ1) is 9.58. The Labute approximate surface area is 124 Å². The first-order valence-corrected chi connectivity index (χ1v) is 8.04. The minimum absolute atomic E-state index is 0.0216. The van der Waals surface area contributed by atoms with E-state index in [2.05, 4.69) is 31.0 Å². The molecule has 1 aromatic rings. The van der Waals surface area contributed by atoms with Crippen LogP contribution in [0.2, 0.25) is 0 Å². The van der Waals surface area contributed by atoms with Crippen LogP contribution in [-0.4, -0.2) is 18.5 Å². The van der Waals surface area contributed by atoms with Crippen LogP contribution < -0.4 is 11.1 Å². The van der Waals surface area contributed by atoms with Gasteiger partial charge in [-0.15, -0.1) is 11.3 Å². The van der Waals surface area contributed by atoms with Crippen molar-refractivity contribution in [2.45, 2.75) is 39.2 Å². The third-order valence-corrected chi connectivity index (χ3v) is 4.53. The average Bonchev–Trinajstić information content (AvgIpc) is 2.83. The molecule has 0 aliphatic heterocycles. The van der Waals surface area contributed by atoms with E-state index in [4.69, 9.17) is 5.73 Å². The zero-order valence-corrected chi connectivity index (χ0v) is 12.9. The van der Waals surface area contributed by atoms with Crippen molar-refractivity contribution >= 4 is 17.2 Å². The van der Waals surface area contributed by atoms with E-state index in [-0.39, 0.29) is 5.91 Å². The van der Waals surface area contributed by atoms with E-state index < -0.39 is 0 Å². The molecule has 0 bridgehead atoms. The molecule has 2 atom stereocenters. The SMILES string of the molecule is CC1CC(C)CC(NC(=O)c2csc(C#CCN)c2)C1. The molecule has 0 saturated heterocycles. The van der Waals surface area contributed by atoms with Crippen LogP contribution in [0.3, 0.4) is 0 Å². The molecule has 1 aliphatic rings. The van der Waals surface area contributed by atoms with Crippen molar-refractivity contribution in [3.63, 3.8) is 0 Å². The van der Waals surface area contributed by atoms with Crippen LogP contribution in [0.1, 0.15) is 48.3 Å². The highest BCUT2D eigenvalue weighted by Gasteiger charge is 2.25. The Morgan fingerprint density at radius 1 is 1.40 bits per heavy atom. The quantitative estimate of drug-likeness (QED) is 0.823. The summed E-state index contributed by atoms with van der Waals surface area (Å²) in [7, 11) is 0. The van der Waals surface area contributed by atoms with Gasteiger partial charge in [-0.05, 0) is 37.2 Å². The average molecular weight is 290 g/mol. The van der Waals surface area contributed by atoms with Crippen LogP contribution in [0, 0.1) is 23.7 Å². The topological polar surface area (TPSA) is 55.1 Å². The molecular formula is C16H22N2OS. The summed E-state index contributed by atoms with van der Waals surface area (Å²) in [6, 6.07) is 2.15. The molecule has 1 aliphatic carbocycles. The highest BCUT2D eigenvalue weighted by atomic mass is 32.1. The van der Waals surface area contributed by atoms with Gasteiger partial charge < -0.3 is 11.1 Å². The van der Waals surface area contributed by atoms with E-state index in [9.17, 15) is 4.79 Å². The monoisotopic (exact) mass is 290 g/mol. The van der Waals surface area contributed by atoms with Crippen molar-refractivity contribution in [1.29, 1.82) is 0 Å². The summed E-state index contributed by atoms with van der Waals surface area (Å²) >= 11 is 1.49. The number of thiophene rings is 1. The molecule has 4 heteroatoms. The van der Waals surface area contributed by atoms with Gasteiger partial charge in [0.2, 0.25) is 0 Å². The van der Waals surface area contributed by atoms with Gasteiger partial charge in [-0.25, -0.2) is 0 Å². The van der Waals surface area contributed by atoms with Crippen molar-refractivity contribution in [2.24, 2.45) is 17.6 Å². The summed E-state index contributed by atoms with van der Waals surface area (Å²) in [5.41, 5.74) is 6.05. The zero-order valence-electron chi connectivity index (χ0n) is 12.1. The molecule has 2 unspecified atom stereocenters. The molecule has 0 spiro atoms. The second-order valence-corrected chi connectivity index (χ2v) is 6.70. The second-order valence-electron chi connectivity index (χ2n) is 5.79. The lowest BCUT2D eigenvalue weighted by molar-refractivity contribution is 0.0911. The molecule has 3 nitrogen and oxygen atoms in total. The predicted molar refractivity (Wildman–Crippen MR) is 83.7 cm³/mol. The fourth-order valence-corrected chi connectivity index (χ4v) is 3.75. The zero-order chi connectivity index (χ0) is 14.5. The molecule has 2 rings (SSSR count). The highest BCUT2D eigenvalue weighted by molar-refractivity contribution is 7.10. The third kappa shape index (κ3) is 4.09. The predicted octanol–water partition coefficient (Wildman–Crippen LogP) is 2.61. The van der Waals surface area contributed by atoms with Gasteiger partial charge >= 0.3 is 0 Å². The maximum atomic E-state index is 12.2. The van der Waals surface area contributed by atoms with Crippen LogP contribution in [0.25, 0.3) is 0 Å². The Balaban J connectivity index is 1.96. The van der Waals surface area contributed by atoms with Gasteiger partial charge in [0.15, 0.2) is 0 Å². The molecule has 108 valence electrons. The van der Waals surface area contributed by atoms with Gasteiger partial charge in [-0.2, -0.15) is 0 Å². The molecule has 1 heterocycles. The Morgan fingerprint density at radius 3 is 2.75 bits per heavy atom. The van der Waals surface area contributed by atoms with E-state index in [1.54, 1.807) is 0 Å². The van der Waals surface area contributed by atoms with Crippen molar-refractivity contribution in [3.8, 4) is 11.8 Å². The van der Waals surface area contributed by atoms with Gasteiger partial charge in [-0.1, -0.05) is 25.7 Å². The second kappa shape index (κ2) is 6.92. The molecule has 0 radical (unpaired) electrons. The standard InChI is InChI=1S/C16H22N2OS/c1-11-6-12(2)8-14(7-11)18-16(19)13-9-15(20-10-13)4-3-5-17/h9-12,14H,5-8,17H2,1-2H3,(H,18,19). The number of hydrogen-bond donors (Lipinski definition) is 2. The fraction of sp³-hybridized carbons (Fsp3) is 0.562. The molecule has 20 heavy (non-hydrogen) atoms. The van der Waals surface area contributed by atoms with Crippen LogP contribution >= 0.6 is 11.3 Å². The number of hydrogen-bond acceptors (Lipinski definition) is 3. The minimum Gasteiger partial charge on any atom is -0.349 e. The summed E-state index contributed by atoms with van der Waals surface area (Å²) in [5.74, 6) is 7.17. The molecule has 1 saturated carbocycles. The van der Waals surface area contributed by atoms with E-state index in [1.165, 1.54) is 17.8 Å². The van der Waals surface area contributed by atoms with Crippen LogP contribution in [-0.2, 0) is 0 Å². The first kappa shape index (κ1) is 15.1. The third-order valence-electron chi connectivity index (χ3n) is 3.69. The molecule has 0 aromatic carbocycles. The van der Waals surface area contributed by atoms with Crippen LogP contribution in [0.4, 0.5) is 0 Å². The lowest BCUT2D eigenvalue weighted by atomic mass is 9.80. The van der Waals surface area contributed by atoms with Gasteiger partial charge in [0.05, 0.1) is 17.0 Å². The number of carbonyl (C=O) groups excluding carboxylic acids is 1.